The predicted molar refractivity (Wildman–Crippen MR) is 85.9 cm³/mol. The van der Waals surface area contributed by atoms with Crippen molar-refractivity contribution in [1.82, 2.24) is 9.80 Å². The molecule has 1 heterocycles. The van der Waals surface area contributed by atoms with Gasteiger partial charge < -0.3 is 5.73 Å². The predicted octanol–water partition coefficient (Wildman–Crippen LogP) is 1.97. The summed E-state index contributed by atoms with van der Waals surface area (Å²) in [4.78, 5) is 5.08. The molecule has 1 aromatic carbocycles. The lowest BCUT2D eigenvalue weighted by Gasteiger charge is -2.40. The molecule has 1 fully saturated rings. The van der Waals surface area contributed by atoms with E-state index in [-0.39, 0.29) is 6.04 Å². The van der Waals surface area contributed by atoms with Gasteiger partial charge in [-0.3, -0.25) is 9.80 Å². The topological polar surface area (TPSA) is 32.5 Å². The molecule has 0 aliphatic carbocycles. The molecule has 1 aliphatic heterocycles. The standard InChI is InChI=1S/C17H29N3/c1-3-20-12-11-19(13-15(20)2)14-17(18)10-9-16-7-5-4-6-8-16/h4-8,15,17H,3,9-14,18H2,1-2H3. The highest BCUT2D eigenvalue weighted by Gasteiger charge is 2.23. The van der Waals surface area contributed by atoms with Crippen molar-refractivity contribution in [3.8, 4) is 0 Å². The van der Waals surface area contributed by atoms with Crippen LogP contribution in [-0.2, 0) is 6.42 Å². The van der Waals surface area contributed by atoms with Gasteiger partial charge in [-0.1, -0.05) is 37.3 Å². The largest absolute Gasteiger partial charge is 0.327 e. The molecule has 0 amide bonds. The molecule has 2 N–H and O–H groups in total. The van der Waals surface area contributed by atoms with Gasteiger partial charge in [0.25, 0.3) is 0 Å². The summed E-state index contributed by atoms with van der Waals surface area (Å²) in [5, 5.41) is 0. The average Bonchev–Trinajstić information content (AvgIpc) is 2.46. The number of rotatable bonds is 6. The summed E-state index contributed by atoms with van der Waals surface area (Å²) < 4.78 is 0. The van der Waals surface area contributed by atoms with Crippen molar-refractivity contribution in [3.05, 3.63) is 35.9 Å². The second-order valence-corrected chi connectivity index (χ2v) is 6.02. The number of aryl methyl sites for hydroxylation is 1. The third-order valence-electron chi connectivity index (χ3n) is 4.39. The number of nitrogens with two attached hydrogens (primary N) is 1. The van der Waals surface area contributed by atoms with E-state index in [2.05, 4.69) is 54.0 Å². The zero-order chi connectivity index (χ0) is 14.4. The highest BCUT2D eigenvalue weighted by molar-refractivity contribution is 5.14. The van der Waals surface area contributed by atoms with Crippen LogP contribution >= 0.6 is 0 Å². The van der Waals surface area contributed by atoms with Crippen LogP contribution in [0.5, 0.6) is 0 Å². The first-order valence-electron chi connectivity index (χ1n) is 7.95. The zero-order valence-corrected chi connectivity index (χ0v) is 13.0. The molecule has 0 bridgehead atoms. The van der Waals surface area contributed by atoms with Crippen molar-refractivity contribution in [1.29, 1.82) is 0 Å². The molecule has 0 aromatic heterocycles. The first-order valence-corrected chi connectivity index (χ1v) is 7.95. The van der Waals surface area contributed by atoms with Crippen LogP contribution in [0.3, 0.4) is 0 Å². The van der Waals surface area contributed by atoms with Gasteiger partial charge in [0.1, 0.15) is 0 Å². The molecular weight excluding hydrogens is 246 g/mol. The highest BCUT2D eigenvalue weighted by atomic mass is 15.3. The van der Waals surface area contributed by atoms with E-state index in [1.54, 1.807) is 0 Å². The summed E-state index contributed by atoms with van der Waals surface area (Å²) in [6.07, 6.45) is 2.17. The number of benzene rings is 1. The smallest absolute Gasteiger partial charge is 0.0195 e. The van der Waals surface area contributed by atoms with Crippen molar-refractivity contribution >= 4 is 0 Å². The molecule has 0 saturated carbocycles. The van der Waals surface area contributed by atoms with E-state index in [1.807, 2.05) is 0 Å². The van der Waals surface area contributed by atoms with Gasteiger partial charge in [0.2, 0.25) is 0 Å². The quantitative estimate of drug-likeness (QED) is 0.861. The molecule has 3 nitrogen and oxygen atoms in total. The Morgan fingerprint density at radius 1 is 1.25 bits per heavy atom. The Kier molecular flexibility index (Phi) is 6.02. The Morgan fingerprint density at radius 2 is 2.00 bits per heavy atom. The SMILES string of the molecule is CCN1CCN(CC(N)CCc2ccccc2)CC1C. The van der Waals surface area contributed by atoms with Crippen molar-refractivity contribution in [2.75, 3.05) is 32.7 Å². The lowest BCUT2D eigenvalue weighted by atomic mass is 10.0. The minimum atomic E-state index is 0.288. The first-order chi connectivity index (χ1) is 9.69. The van der Waals surface area contributed by atoms with E-state index in [9.17, 15) is 0 Å². The molecule has 2 rings (SSSR count). The van der Waals surface area contributed by atoms with E-state index in [1.165, 1.54) is 12.1 Å². The highest BCUT2D eigenvalue weighted by Crippen LogP contribution is 2.10. The number of hydrogen-bond donors (Lipinski definition) is 1. The molecule has 1 saturated heterocycles. The molecule has 2 atom stereocenters. The number of nitrogens with zero attached hydrogens (tertiary/aromatic N) is 2. The van der Waals surface area contributed by atoms with Crippen molar-refractivity contribution in [2.24, 2.45) is 5.73 Å². The Bertz CT molecular complexity index is 379. The zero-order valence-electron chi connectivity index (χ0n) is 13.0. The number of piperazine rings is 1. The minimum absolute atomic E-state index is 0.288. The molecule has 1 aromatic rings. The fourth-order valence-corrected chi connectivity index (χ4v) is 3.13. The minimum Gasteiger partial charge on any atom is -0.327 e. The second-order valence-electron chi connectivity index (χ2n) is 6.02. The van der Waals surface area contributed by atoms with Crippen molar-refractivity contribution in [2.45, 2.75) is 38.8 Å². The third-order valence-corrected chi connectivity index (χ3v) is 4.39. The van der Waals surface area contributed by atoms with E-state index in [4.69, 9.17) is 5.73 Å². The van der Waals surface area contributed by atoms with E-state index >= 15 is 0 Å². The summed E-state index contributed by atoms with van der Waals surface area (Å²) in [5.41, 5.74) is 7.71. The van der Waals surface area contributed by atoms with Gasteiger partial charge in [-0.25, -0.2) is 0 Å². The van der Waals surface area contributed by atoms with Gasteiger partial charge in [-0.2, -0.15) is 0 Å². The maximum atomic E-state index is 6.31. The van der Waals surface area contributed by atoms with E-state index in [0.29, 0.717) is 6.04 Å². The fraction of sp³-hybridized carbons (Fsp3) is 0.647. The van der Waals surface area contributed by atoms with E-state index < -0.39 is 0 Å². The normalized spacial score (nSPS) is 22.9. The molecule has 0 spiro atoms. The van der Waals surface area contributed by atoms with Gasteiger partial charge in [-0.05, 0) is 31.9 Å². The molecular formula is C17H29N3. The van der Waals surface area contributed by atoms with Crippen molar-refractivity contribution < 1.29 is 0 Å². The van der Waals surface area contributed by atoms with E-state index in [0.717, 1.165) is 39.0 Å². The van der Waals surface area contributed by atoms with Gasteiger partial charge in [0.05, 0.1) is 0 Å². The van der Waals surface area contributed by atoms with Crippen LogP contribution < -0.4 is 5.73 Å². The molecule has 1 aliphatic rings. The van der Waals surface area contributed by atoms with Gasteiger partial charge in [0, 0.05) is 38.3 Å². The number of likely N-dealkylation sites (N-methyl/N-ethyl adjacent to an activating group) is 1. The van der Waals surface area contributed by atoms with Gasteiger partial charge >= 0.3 is 0 Å². The first kappa shape index (κ1) is 15.5. The summed E-state index contributed by atoms with van der Waals surface area (Å²) in [6.45, 7) is 10.3. The van der Waals surface area contributed by atoms with Crippen LogP contribution in [-0.4, -0.2) is 54.6 Å². The Labute approximate surface area is 123 Å². The van der Waals surface area contributed by atoms with Crippen LogP contribution in [0.1, 0.15) is 25.8 Å². The average molecular weight is 275 g/mol. The van der Waals surface area contributed by atoms with Crippen LogP contribution in [0.25, 0.3) is 0 Å². The second kappa shape index (κ2) is 7.77. The maximum Gasteiger partial charge on any atom is 0.0195 e. The fourth-order valence-electron chi connectivity index (χ4n) is 3.13. The summed E-state index contributed by atoms with van der Waals surface area (Å²) >= 11 is 0. The molecule has 3 heteroatoms. The summed E-state index contributed by atoms with van der Waals surface area (Å²) in [5.74, 6) is 0. The van der Waals surface area contributed by atoms with Crippen LogP contribution in [0.4, 0.5) is 0 Å². The van der Waals surface area contributed by atoms with Gasteiger partial charge in [0.15, 0.2) is 0 Å². The molecule has 2 unspecified atom stereocenters. The monoisotopic (exact) mass is 275 g/mol. The molecule has 20 heavy (non-hydrogen) atoms. The number of hydrogen-bond acceptors (Lipinski definition) is 3. The Balaban J connectivity index is 1.71. The third kappa shape index (κ3) is 4.58. The maximum absolute atomic E-state index is 6.31. The van der Waals surface area contributed by atoms with Crippen LogP contribution in [0.15, 0.2) is 30.3 Å². The van der Waals surface area contributed by atoms with Crippen LogP contribution in [0.2, 0.25) is 0 Å². The summed E-state index contributed by atoms with van der Waals surface area (Å²) in [7, 11) is 0. The molecule has 0 radical (unpaired) electrons. The van der Waals surface area contributed by atoms with Gasteiger partial charge in [-0.15, -0.1) is 0 Å². The molecule has 112 valence electrons. The van der Waals surface area contributed by atoms with Crippen molar-refractivity contribution in [3.63, 3.8) is 0 Å². The lowest BCUT2D eigenvalue weighted by molar-refractivity contribution is 0.0836. The Morgan fingerprint density at radius 3 is 2.65 bits per heavy atom. The Hall–Kier alpha value is -0.900. The lowest BCUT2D eigenvalue weighted by Crippen LogP contribution is -2.54. The van der Waals surface area contributed by atoms with Crippen LogP contribution in [0, 0.1) is 0 Å². The summed E-state index contributed by atoms with van der Waals surface area (Å²) in [6, 6.07) is 11.6.